The lowest BCUT2D eigenvalue weighted by Crippen LogP contribution is -2.64. The Hall–Kier alpha value is -2.88. The van der Waals surface area contributed by atoms with Crippen molar-refractivity contribution in [3.8, 4) is 0 Å². The van der Waals surface area contributed by atoms with Crippen LogP contribution in [0.25, 0.3) is 0 Å². The SMILES string of the molecule is NCCNC(=O)C1N(C(=O)Nc2ccc(Cl)c(Cl)c2)CCCN1C(=O)c1cccc(F)c1. The van der Waals surface area contributed by atoms with Crippen molar-refractivity contribution in [3.63, 3.8) is 0 Å². The molecule has 1 atom stereocenters. The molecule has 32 heavy (non-hydrogen) atoms. The molecule has 1 aliphatic rings. The minimum atomic E-state index is -1.24. The van der Waals surface area contributed by atoms with E-state index in [4.69, 9.17) is 28.9 Å². The molecular weight excluding hydrogens is 460 g/mol. The molecule has 1 aliphatic heterocycles. The molecule has 3 rings (SSSR count). The number of amides is 4. The molecular formula is C21H22Cl2FN5O3. The van der Waals surface area contributed by atoms with E-state index in [9.17, 15) is 18.8 Å². The molecule has 170 valence electrons. The van der Waals surface area contributed by atoms with E-state index in [1.165, 1.54) is 40.1 Å². The van der Waals surface area contributed by atoms with Crippen molar-refractivity contribution in [1.29, 1.82) is 0 Å². The summed E-state index contributed by atoms with van der Waals surface area (Å²) >= 11 is 11.9. The van der Waals surface area contributed by atoms with Crippen LogP contribution in [0.3, 0.4) is 0 Å². The van der Waals surface area contributed by atoms with E-state index in [2.05, 4.69) is 10.6 Å². The van der Waals surface area contributed by atoms with Crippen LogP contribution in [0.15, 0.2) is 42.5 Å². The summed E-state index contributed by atoms with van der Waals surface area (Å²) in [5, 5.41) is 5.87. The summed E-state index contributed by atoms with van der Waals surface area (Å²) in [6.45, 7) is 0.790. The molecule has 0 spiro atoms. The zero-order chi connectivity index (χ0) is 23.3. The minimum absolute atomic E-state index is 0.0772. The molecule has 0 aliphatic carbocycles. The third kappa shape index (κ3) is 5.48. The van der Waals surface area contributed by atoms with Crippen molar-refractivity contribution in [2.45, 2.75) is 12.6 Å². The van der Waals surface area contributed by atoms with Gasteiger partial charge in [0.1, 0.15) is 5.82 Å². The second kappa shape index (κ2) is 10.6. The lowest BCUT2D eigenvalue weighted by Gasteiger charge is -2.42. The molecule has 0 bridgehead atoms. The fourth-order valence-electron chi connectivity index (χ4n) is 3.38. The standard InChI is InChI=1S/C21H22Cl2FN5O3/c22-16-6-5-15(12-17(16)23)27-21(32)29-10-2-9-28(19(29)18(30)26-8-7-25)20(31)13-3-1-4-14(24)11-13/h1,3-6,11-12,19H,2,7-10,25H2,(H,26,30)(H,27,32). The average molecular weight is 482 g/mol. The van der Waals surface area contributed by atoms with E-state index in [1.807, 2.05) is 0 Å². The quantitative estimate of drug-likeness (QED) is 0.609. The van der Waals surface area contributed by atoms with Gasteiger partial charge in [-0.25, -0.2) is 9.18 Å². The van der Waals surface area contributed by atoms with E-state index in [0.717, 1.165) is 6.07 Å². The Morgan fingerprint density at radius 2 is 1.81 bits per heavy atom. The third-order valence-electron chi connectivity index (χ3n) is 4.83. The van der Waals surface area contributed by atoms with E-state index in [0.29, 0.717) is 17.1 Å². The smallest absolute Gasteiger partial charge is 0.323 e. The van der Waals surface area contributed by atoms with Gasteiger partial charge in [0.15, 0.2) is 6.17 Å². The van der Waals surface area contributed by atoms with Gasteiger partial charge in [-0.15, -0.1) is 0 Å². The number of halogens is 3. The number of nitrogens with one attached hydrogen (secondary N) is 2. The first-order chi connectivity index (χ1) is 15.3. The van der Waals surface area contributed by atoms with E-state index in [1.54, 1.807) is 6.07 Å². The van der Waals surface area contributed by atoms with Crippen LogP contribution in [0.1, 0.15) is 16.8 Å². The second-order valence-corrected chi connectivity index (χ2v) is 7.88. The largest absolute Gasteiger partial charge is 0.351 e. The molecule has 4 N–H and O–H groups in total. The number of hydrogen-bond donors (Lipinski definition) is 3. The maximum Gasteiger partial charge on any atom is 0.323 e. The molecule has 4 amide bonds. The lowest BCUT2D eigenvalue weighted by molar-refractivity contribution is -0.132. The molecule has 0 saturated carbocycles. The highest BCUT2D eigenvalue weighted by molar-refractivity contribution is 6.42. The highest BCUT2D eigenvalue weighted by Gasteiger charge is 2.40. The number of anilines is 1. The van der Waals surface area contributed by atoms with Crippen molar-refractivity contribution in [2.24, 2.45) is 5.73 Å². The fourth-order valence-corrected chi connectivity index (χ4v) is 3.67. The van der Waals surface area contributed by atoms with Crippen LogP contribution < -0.4 is 16.4 Å². The van der Waals surface area contributed by atoms with Crippen molar-refractivity contribution in [2.75, 3.05) is 31.5 Å². The predicted octanol–water partition coefficient (Wildman–Crippen LogP) is 2.91. The molecule has 2 aromatic carbocycles. The summed E-state index contributed by atoms with van der Waals surface area (Å²) in [7, 11) is 0. The minimum Gasteiger partial charge on any atom is -0.351 e. The van der Waals surface area contributed by atoms with Crippen molar-refractivity contribution in [3.05, 3.63) is 63.9 Å². The van der Waals surface area contributed by atoms with Gasteiger partial charge in [-0.1, -0.05) is 29.3 Å². The van der Waals surface area contributed by atoms with Crippen LogP contribution in [0.4, 0.5) is 14.9 Å². The van der Waals surface area contributed by atoms with Gasteiger partial charge in [-0.2, -0.15) is 0 Å². The first-order valence-corrected chi connectivity index (χ1v) is 10.6. The zero-order valence-corrected chi connectivity index (χ0v) is 18.5. The number of carbonyl (C=O) groups is 3. The van der Waals surface area contributed by atoms with Gasteiger partial charge >= 0.3 is 6.03 Å². The maximum absolute atomic E-state index is 13.7. The molecule has 11 heteroatoms. The number of nitrogens with zero attached hydrogens (tertiary/aromatic N) is 2. The van der Waals surface area contributed by atoms with E-state index < -0.39 is 29.8 Å². The summed E-state index contributed by atoms with van der Waals surface area (Å²) in [6.07, 6.45) is -0.815. The number of rotatable bonds is 5. The fraction of sp³-hybridized carbons (Fsp3) is 0.286. The number of hydrogen-bond acceptors (Lipinski definition) is 4. The molecule has 8 nitrogen and oxygen atoms in total. The van der Waals surface area contributed by atoms with Gasteiger partial charge in [0.25, 0.3) is 11.8 Å². The maximum atomic E-state index is 13.7. The van der Waals surface area contributed by atoms with Gasteiger partial charge < -0.3 is 21.3 Å². The average Bonchev–Trinajstić information content (AvgIpc) is 2.78. The second-order valence-electron chi connectivity index (χ2n) is 7.07. The van der Waals surface area contributed by atoms with Crippen molar-refractivity contribution in [1.82, 2.24) is 15.1 Å². The Kier molecular flexibility index (Phi) is 7.89. The Labute approximate surface area is 194 Å². The summed E-state index contributed by atoms with van der Waals surface area (Å²) in [5.41, 5.74) is 5.93. The van der Waals surface area contributed by atoms with Crippen LogP contribution in [0.2, 0.25) is 10.0 Å². The Morgan fingerprint density at radius 3 is 2.50 bits per heavy atom. The van der Waals surface area contributed by atoms with Crippen LogP contribution >= 0.6 is 23.2 Å². The van der Waals surface area contributed by atoms with Crippen LogP contribution in [0.5, 0.6) is 0 Å². The van der Waals surface area contributed by atoms with Crippen molar-refractivity contribution < 1.29 is 18.8 Å². The normalized spacial score (nSPS) is 15.9. The summed E-state index contributed by atoms with van der Waals surface area (Å²) in [4.78, 5) is 41.6. The topological polar surface area (TPSA) is 108 Å². The number of urea groups is 1. The first-order valence-electron chi connectivity index (χ1n) is 9.89. The Balaban J connectivity index is 1.88. The molecule has 1 saturated heterocycles. The van der Waals surface area contributed by atoms with Crippen LogP contribution in [0, 0.1) is 5.82 Å². The zero-order valence-electron chi connectivity index (χ0n) is 17.0. The Morgan fingerprint density at radius 1 is 1.06 bits per heavy atom. The number of nitrogens with two attached hydrogens (primary N) is 1. The Bertz CT molecular complexity index is 1020. The number of benzene rings is 2. The molecule has 1 heterocycles. The molecule has 1 fully saturated rings. The lowest BCUT2D eigenvalue weighted by atomic mass is 10.1. The summed E-state index contributed by atoms with van der Waals surface area (Å²) in [5.74, 6) is -1.71. The van der Waals surface area contributed by atoms with Gasteiger partial charge in [-0.3, -0.25) is 14.5 Å². The van der Waals surface area contributed by atoms with Gasteiger partial charge in [0.2, 0.25) is 0 Å². The highest BCUT2D eigenvalue weighted by atomic mass is 35.5. The van der Waals surface area contributed by atoms with Crippen LogP contribution in [-0.4, -0.2) is 60.0 Å². The van der Waals surface area contributed by atoms with Crippen molar-refractivity contribution >= 4 is 46.7 Å². The highest BCUT2D eigenvalue weighted by Crippen LogP contribution is 2.26. The van der Waals surface area contributed by atoms with Gasteiger partial charge in [0, 0.05) is 37.4 Å². The van der Waals surface area contributed by atoms with E-state index in [-0.39, 0.29) is 36.8 Å². The summed E-state index contributed by atoms with van der Waals surface area (Å²) in [6, 6.07) is 9.13. The van der Waals surface area contributed by atoms with E-state index >= 15 is 0 Å². The molecule has 1 unspecified atom stereocenters. The third-order valence-corrected chi connectivity index (χ3v) is 5.57. The first kappa shape index (κ1) is 23.8. The molecule has 0 radical (unpaired) electrons. The molecule has 0 aromatic heterocycles. The van der Waals surface area contributed by atoms with Gasteiger partial charge in [0.05, 0.1) is 10.0 Å². The van der Waals surface area contributed by atoms with Gasteiger partial charge in [-0.05, 0) is 42.8 Å². The number of carbonyl (C=O) groups excluding carboxylic acids is 3. The summed E-state index contributed by atoms with van der Waals surface area (Å²) < 4.78 is 13.7. The monoisotopic (exact) mass is 481 g/mol. The van der Waals surface area contributed by atoms with Crippen LogP contribution in [-0.2, 0) is 4.79 Å². The predicted molar refractivity (Wildman–Crippen MR) is 120 cm³/mol. The molecule has 2 aromatic rings.